The Kier molecular flexibility index (Phi) is 4.79. The monoisotopic (exact) mass is 429 g/mol. The van der Waals surface area contributed by atoms with Crippen molar-refractivity contribution in [2.75, 3.05) is 11.0 Å². The lowest BCUT2D eigenvalue weighted by Gasteiger charge is -2.23. The number of hydrogen-bond donors (Lipinski definition) is 2. The highest BCUT2D eigenvalue weighted by atomic mass is 32.2. The highest BCUT2D eigenvalue weighted by Gasteiger charge is 2.36. The number of carbonyl (C=O) groups is 1. The van der Waals surface area contributed by atoms with Crippen LogP contribution in [0.5, 0.6) is 0 Å². The summed E-state index contributed by atoms with van der Waals surface area (Å²) in [4.78, 5) is 28.7. The Morgan fingerprint density at radius 3 is 2.73 bits per heavy atom. The fraction of sp³-hybridized carbons (Fsp3) is 0.118. The predicted octanol–water partition coefficient (Wildman–Crippen LogP) is 0.678. The molecule has 0 aliphatic carbocycles. The average molecular weight is 429 g/mol. The molecule has 3 aromatic heterocycles. The fourth-order valence-electron chi connectivity index (χ4n) is 2.87. The molecule has 3 heterocycles. The number of hydrogen-bond acceptors (Lipinski definition) is 8. The molecule has 0 saturated heterocycles. The van der Waals surface area contributed by atoms with E-state index in [-0.39, 0.29) is 18.0 Å². The molecular formula is C17H15N7O5S. The van der Waals surface area contributed by atoms with Crippen LogP contribution in [0.1, 0.15) is 17.3 Å². The largest absolute Gasteiger partial charge is 0.462 e. The molecule has 154 valence electrons. The Morgan fingerprint density at radius 2 is 2.00 bits per heavy atom. The summed E-state index contributed by atoms with van der Waals surface area (Å²) in [7, 11) is -4.59. The lowest BCUT2D eigenvalue weighted by atomic mass is 10.2. The third-order valence-corrected chi connectivity index (χ3v) is 5.78. The van der Waals surface area contributed by atoms with Crippen LogP contribution in [-0.2, 0) is 14.8 Å². The lowest BCUT2D eigenvalue weighted by molar-refractivity contribution is 0.0522. The maximum Gasteiger partial charge on any atom is 0.363 e. The van der Waals surface area contributed by atoms with Crippen molar-refractivity contribution in [1.29, 1.82) is 0 Å². The number of aromatic nitrogens is 6. The van der Waals surface area contributed by atoms with Crippen molar-refractivity contribution in [1.82, 2.24) is 30.1 Å². The zero-order valence-electron chi connectivity index (χ0n) is 15.5. The highest BCUT2D eigenvalue weighted by molar-refractivity contribution is 7.92. The Bertz CT molecular complexity index is 1380. The molecule has 0 bridgehead atoms. The molecule has 12 nitrogen and oxygen atoms in total. The van der Waals surface area contributed by atoms with Crippen molar-refractivity contribution in [2.24, 2.45) is 0 Å². The fourth-order valence-corrected chi connectivity index (χ4v) is 4.35. The Labute approximate surface area is 169 Å². The van der Waals surface area contributed by atoms with Crippen LogP contribution in [0.3, 0.4) is 0 Å². The predicted molar refractivity (Wildman–Crippen MR) is 104 cm³/mol. The van der Waals surface area contributed by atoms with Gasteiger partial charge in [-0.25, -0.2) is 19.7 Å². The topological polar surface area (TPSA) is 156 Å². The van der Waals surface area contributed by atoms with Gasteiger partial charge in [-0.05, 0) is 18.4 Å². The SMILES string of the molecule is CCOC(=O)c1cn[nH]c1S(=O)(=O)N(c1nccc2ccccc12)n1cn[nH]c1=O. The van der Waals surface area contributed by atoms with Gasteiger partial charge in [-0.2, -0.15) is 23.3 Å². The second-order valence-electron chi connectivity index (χ2n) is 5.94. The Balaban J connectivity index is 1.99. The van der Waals surface area contributed by atoms with Gasteiger partial charge in [-0.3, -0.25) is 5.10 Å². The van der Waals surface area contributed by atoms with Crippen molar-refractivity contribution >= 4 is 32.6 Å². The Hall–Kier alpha value is -4.00. The summed E-state index contributed by atoms with van der Waals surface area (Å²) < 4.78 is 33.5. The molecule has 0 amide bonds. The van der Waals surface area contributed by atoms with E-state index in [1.54, 1.807) is 37.3 Å². The zero-order valence-corrected chi connectivity index (χ0v) is 16.3. The van der Waals surface area contributed by atoms with Crippen LogP contribution >= 0.6 is 0 Å². The third-order valence-electron chi connectivity index (χ3n) is 4.15. The van der Waals surface area contributed by atoms with Gasteiger partial charge in [0.25, 0.3) is 0 Å². The molecule has 0 aliphatic heterocycles. The number of aromatic amines is 2. The number of rotatable bonds is 6. The number of anilines is 1. The standard InChI is InChI=1S/C17H15N7O5S/c1-2-29-16(25)13-9-19-21-15(13)30(27,28)24(23-10-20-22-17(23)26)14-12-6-4-3-5-11(12)7-8-18-14/h3-10H,2H2,1H3,(H,19,21)(H,22,26). The van der Waals surface area contributed by atoms with Gasteiger partial charge < -0.3 is 4.74 Å². The number of sulfonamides is 1. The normalized spacial score (nSPS) is 11.5. The smallest absolute Gasteiger partial charge is 0.363 e. The maximum atomic E-state index is 13.6. The minimum absolute atomic E-state index is 0.0410. The third kappa shape index (κ3) is 3.10. The van der Waals surface area contributed by atoms with Crippen LogP contribution in [0.4, 0.5) is 5.82 Å². The molecule has 0 saturated carbocycles. The molecule has 4 aromatic rings. The van der Waals surface area contributed by atoms with Gasteiger partial charge in [-0.1, -0.05) is 24.3 Å². The molecule has 13 heteroatoms. The highest BCUT2D eigenvalue weighted by Crippen LogP contribution is 2.29. The van der Waals surface area contributed by atoms with Gasteiger partial charge in [0.1, 0.15) is 11.9 Å². The van der Waals surface area contributed by atoms with Gasteiger partial charge in [0.15, 0.2) is 10.8 Å². The number of fused-ring (bicyclic) bond motifs is 1. The molecule has 0 spiro atoms. The van der Waals surface area contributed by atoms with Gasteiger partial charge in [0, 0.05) is 11.6 Å². The molecule has 2 N–H and O–H groups in total. The minimum Gasteiger partial charge on any atom is -0.462 e. The molecule has 1 aromatic carbocycles. The molecule has 0 radical (unpaired) electrons. The summed E-state index contributed by atoms with van der Waals surface area (Å²) in [5, 5.41) is 12.3. The first-order valence-corrected chi connectivity index (χ1v) is 10.1. The number of benzene rings is 1. The van der Waals surface area contributed by atoms with Crippen molar-refractivity contribution in [2.45, 2.75) is 11.9 Å². The molecule has 0 fully saturated rings. The van der Waals surface area contributed by atoms with E-state index in [2.05, 4.69) is 25.4 Å². The van der Waals surface area contributed by atoms with Crippen LogP contribution in [0.2, 0.25) is 0 Å². The van der Waals surface area contributed by atoms with E-state index >= 15 is 0 Å². The Morgan fingerprint density at radius 1 is 1.20 bits per heavy atom. The first-order valence-electron chi connectivity index (χ1n) is 8.67. The number of carbonyl (C=O) groups excluding carboxylic acids is 1. The number of nitrogens with zero attached hydrogens (tertiary/aromatic N) is 5. The van der Waals surface area contributed by atoms with E-state index < -0.39 is 26.7 Å². The van der Waals surface area contributed by atoms with Gasteiger partial charge in [0.2, 0.25) is 0 Å². The number of ether oxygens (including phenoxy) is 1. The van der Waals surface area contributed by atoms with Crippen molar-refractivity contribution < 1.29 is 17.9 Å². The lowest BCUT2D eigenvalue weighted by Crippen LogP contribution is -2.42. The first kappa shape index (κ1) is 19.3. The van der Waals surface area contributed by atoms with Crippen LogP contribution in [0, 0.1) is 0 Å². The van der Waals surface area contributed by atoms with Crippen LogP contribution < -0.4 is 10.1 Å². The van der Waals surface area contributed by atoms with E-state index in [0.29, 0.717) is 15.2 Å². The van der Waals surface area contributed by atoms with Crippen molar-refractivity contribution in [3.63, 3.8) is 0 Å². The van der Waals surface area contributed by atoms with Crippen LogP contribution in [-0.4, -0.2) is 51.0 Å². The number of nitrogens with one attached hydrogen (secondary N) is 2. The maximum absolute atomic E-state index is 13.6. The molecule has 0 atom stereocenters. The van der Waals surface area contributed by atoms with Gasteiger partial charge in [0.05, 0.1) is 12.8 Å². The van der Waals surface area contributed by atoms with Crippen molar-refractivity contribution in [3.8, 4) is 0 Å². The van der Waals surface area contributed by atoms with E-state index in [1.807, 2.05) is 0 Å². The zero-order chi connectivity index (χ0) is 21.3. The molecule has 30 heavy (non-hydrogen) atoms. The summed E-state index contributed by atoms with van der Waals surface area (Å²) in [5.41, 5.74) is -1.14. The number of H-pyrrole nitrogens is 2. The van der Waals surface area contributed by atoms with Crippen LogP contribution in [0.25, 0.3) is 10.8 Å². The van der Waals surface area contributed by atoms with E-state index in [1.165, 1.54) is 6.20 Å². The van der Waals surface area contributed by atoms with Crippen molar-refractivity contribution in [3.05, 3.63) is 65.1 Å². The molecule has 0 unspecified atom stereocenters. The quantitative estimate of drug-likeness (QED) is 0.424. The summed E-state index contributed by atoms with van der Waals surface area (Å²) >= 11 is 0. The van der Waals surface area contributed by atoms with Gasteiger partial charge >= 0.3 is 21.7 Å². The van der Waals surface area contributed by atoms with Gasteiger partial charge in [-0.15, -0.1) is 4.41 Å². The molecular weight excluding hydrogens is 414 g/mol. The summed E-state index contributed by atoms with van der Waals surface area (Å²) in [6.07, 6.45) is 3.44. The van der Waals surface area contributed by atoms with E-state index in [9.17, 15) is 18.0 Å². The summed E-state index contributed by atoms with van der Waals surface area (Å²) in [5.74, 6) is -0.948. The average Bonchev–Trinajstić information content (AvgIpc) is 3.39. The molecule has 4 rings (SSSR count). The van der Waals surface area contributed by atoms with E-state index in [0.717, 1.165) is 17.2 Å². The number of esters is 1. The minimum atomic E-state index is -4.59. The second kappa shape index (κ2) is 7.44. The first-order chi connectivity index (χ1) is 14.4. The molecule has 0 aliphatic rings. The number of pyridine rings is 1. The van der Waals surface area contributed by atoms with Crippen LogP contribution in [0.15, 0.2) is 58.9 Å². The second-order valence-corrected chi connectivity index (χ2v) is 7.65. The summed E-state index contributed by atoms with van der Waals surface area (Å²) in [6.45, 7) is 1.63. The summed E-state index contributed by atoms with van der Waals surface area (Å²) in [6, 6.07) is 8.61. The van der Waals surface area contributed by atoms with E-state index in [4.69, 9.17) is 4.74 Å².